The van der Waals surface area contributed by atoms with Gasteiger partial charge in [-0.25, -0.2) is 0 Å². The molecule has 0 saturated heterocycles. The van der Waals surface area contributed by atoms with E-state index in [0.717, 1.165) is 10.0 Å². The largest absolute Gasteiger partial charge is 0.497 e. The van der Waals surface area contributed by atoms with Crippen LogP contribution >= 0.6 is 15.9 Å². The molecule has 0 amide bonds. The molecule has 1 heterocycles. The summed E-state index contributed by atoms with van der Waals surface area (Å²) in [6, 6.07) is 19.4. The van der Waals surface area contributed by atoms with Crippen LogP contribution in [0.15, 0.2) is 81.2 Å². The van der Waals surface area contributed by atoms with Gasteiger partial charge in [0.05, 0.1) is 30.9 Å². The Kier molecular flexibility index (Phi) is 6.26. The van der Waals surface area contributed by atoms with E-state index >= 15 is 0 Å². The van der Waals surface area contributed by atoms with Gasteiger partial charge in [-0.3, -0.25) is 0 Å². The number of hydrogen-bond acceptors (Lipinski definition) is 5. The second kappa shape index (κ2) is 8.96. The molecule has 0 bridgehead atoms. The molecular weight excluding hydrogens is 492 g/mol. The highest BCUT2D eigenvalue weighted by molar-refractivity contribution is 9.10. The SMILES string of the molecule is COc1ccc(OC)c(C2CC(c3ccc(Br)cc3)=NN2S(=O)(=O)c2ccccc2C)c1. The monoisotopic (exact) mass is 514 g/mol. The van der Waals surface area contributed by atoms with E-state index in [1.165, 1.54) is 4.41 Å². The first-order valence-corrected chi connectivity index (χ1v) is 12.2. The summed E-state index contributed by atoms with van der Waals surface area (Å²) in [7, 11) is -0.778. The van der Waals surface area contributed by atoms with E-state index in [1.807, 2.05) is 36.4 Å². The number of aryl methyl sites for hydroxylation is 1. The molecule has 1 atom stereocenters. The van der Waals surface area contributed by atoms with Crippen LogP contribution in [0.3, 0.4) is 0 Å². The van der Waals surface area contributed by atoms with Crippen molar-refractivity contribution in [2.45, 2.75) is 24.3 Å². The fraction of sp³-hybridized carbons (Fsp3) is 0.208. The molecule has 1 unspecified atom stereocenters. The maximum Gasteiger partial charge on any atom is 0.279 e. The van der Waals surface area contributed by atoms with Gasteiger partial charge in [-0.1, -0.05) is 46.3 Å². The summed E-state index contributed by atoms with van der Waals surface area (Å²) in [5.41, 5.74) is 2.91. The number of hydrogen-bond donors (Lipinski definition) is 0. The quantitative estimate of drug-likeness (QED) is 0.446. The maximum absolute atomic E-state index is 13.8. The lowest BCUT2D eigenvalue weighted by Gasteiger charge is -2.25. The molecule has 0 N–H and O–H groups in total. The molecule has 1 aliphatic heterocycles. The van der Waals surface area contributed by atoms with Crippen molar-refractivity contribution in [2.75, 3.05) is 14.2 Å². The first-order chi connectivity index (χ1) is 15.3. The van der Waals surface area contributed by atoms with Gasteiger partial charge in [-0.05, 0) is 54.4 Å². The summed E-state index contributed by atoms with van der Waals surface area (Å²) in [6.07, 6.45) is 0.399. The van der Waals surface area contributed by atoms with Crippen LogP contribution in [0, 0.1) is 6.92 Å². The van der Waals surface area contributed by atoms with Crippen molar-refractivity contribution >= 4 is 31.7 Å². The van der Waals surface area contributed by atoms with Crippen LogP contribution < -0.4 is 9.47 Å². The molecule has 6 nitrogen and oxygen atoms in total. The van der Waals surface area contributed by atoms with E-state index in [9.17, 15) is 8.42 Å². The van der Waals surface area contributed by atoms with Crippen LogP contribution in [0.4, 0.5) is 0 Å². The summed E-state index contributed by atoms with van der Waals surface area (Å²) in [5, 5.41) is 4.62. The molecular formula is C24H23BrN2O4S. The molecule has 1 aliphatic rings. The van der Waals surface area contributed by atoms with Gasteiger partial charge in [0, 0.05) is 16.5 Å². The molecule has 0 spiro atoms. The zero-order valence-corrected chi connectivity index (χ0v) is 20.4. The average molecular weight is 515 g/mol. The zero-order valence-electron chi connectivity index (χ0n) is 17.9. The minimum Gasteiger partial charge on any atom is -0.497 e. The molecule has 0 saturated carbocycles. The van der Waals surface area contributed by atoms with Gasteiger partial charge in [0.25, 0.3) is 10.0 Å². The summed E-state index contributed by atoms with van der Waals surface area (Å²) in [5.74, 6) is 1.19. The van der Waals surface area contributed by atoms with E-state index in [-0.39, 0.29) is 4.90 Å². The van der Waals surface area contributed by atoms with Crippen molar-refractivity contribution in [3.05, 3.63) is 87.9 Å². The molecule has 8 heteroatoms. The Bertz CT molecular complexity index is 1270. The van der Waals surface area contributed by atoms with Gasteiger partial charge in [-0.2, -0.15) is 17.9 Å². The summed E-state index contributed by atoms with van der Waals surface area (Å²) < 4.78 is 40.6. The number of methoxy groups -OCH3 is 2. The fourth-order valence-electron chi connectivity index (χ4n) is 3.81. The van der Waals surface area contributed by atoms with Crippen LogP contribution in [-0.2, 0) is 10.0 Å². The highest BCUT2D eigenvalue weighted by Crippen LogP contribution is 2.42. The Hall–Kier alpha value is -2.84. The van der Waals surface area contributed by atoms with Crippen molar-refractivity contribution in [3.63, 3.8) is 0 Å². The lowest BCUT2D eigenvalue weighted by atomic mass is 9.98. The minimum atomic E-state index is -3.92. The Labute approximate surface area is 196 Å². The second-order valence-electron chi connectivity index (χ2n) is 7.42. The van der Waals surface area contributed by atoms with Crippen LogP contribution in [-0.4, -0.2) is 32.8 Å². The van der Waals surface area contributed by atoms with E-state index in [4.69, 9.17) is 9.47 Å². The lowest BCUT2D eigenvalue weighted by Crippen LogP contribution is -2.28. The van der Waals surface area contributed by atoms with Crippen LogP contribution in [0.1, 0.15) is 29.2 Å². The first kappa shape index (κ1) is 22.4. The Morgan fingerprint density at radius 2 is 1.72 bits per heavy atom. The molecule has 4 rings (SSSR count). The number of benzene rings is 3. The third-order valence-electron chi connectivity index (χ3n) is 5.46. The first-order valence-electron chi connectivity index (χ1n) is 10.0. The van der Waals surface area contributed by atoms with Gasteiger partial charge in [0.2, 0.25) is 0 Å². The number of sulfonamides is 1. The van der Waals surface area contributed by atoms with Crippen molar-refractivity contribution < 1.29 is 17.9 Å². The third-order valence-corrected chi connectivity index (χ3v) is 7.83. The molecule has 0 aliphatic carbocycles. The van der Waals surface area contributed by atoms with E-state index in [0.29, 0.717) is 34.8 Å². The van der Waals surface area contributed by atoms with Crippen LogP contribution in [0.25, 0.3) is 0 Å². The Balaban J connectivity index is 1.87. The van der Waals surface area contributed by atoms with Gasteiger partial charge in [0.1, 0.15) is 11.5 Å². The van der Waals surface area contributed by atoms with Gasteiger partial charge >= 0.3 is 0 Å². The number of halogens is 1. The van der Waals surface area contributed by atoms with Crippen molar-refractivity contribution in [1.82, 2.24) is 4.41 Å². The number of hydrazone groups is 1. The Morgan fingerprint density at radius 3 is 2.38 bits per heavy atom. The third kappa shape index (κ3) is 4.12. The predicted octanol–water partition coefficient (Wildman–Crippen LogP) is 5.31. The summed E-state index contributed by atoms with van der Waals surface area (Å²) in [6.45, 7) is 1.78. The lowest BCUT2D eigenvalue weighted by molar-refractivity contribution is 0.346. The van der Waals surface area contributed by atoms with Crippen LogP contribution in [0.2, 0.25) is 0 Å². The molecule has 0 radical (unpaired) electrons. The van der Waals surface area contributed by atoms with Gasteiger partial charge < -0.3 is 9.47 Å². The van der Waals surface area contributed by atoms with E-state index < -0.39 is 16.1 Å². The summed E-state index contributed by atoms with van der Waals surface area (Å²) in [4.78, 5) is 0.229. The van der Waals surface area contributed by atoms with Gasteiger partial charge in [-0.15, -0.1) is 0 Å². The zero-order chi connectivity index (χ0) is 22.9. The number of nitrogens with zero attached hydrogens (tertiary/aromatic N) is 2. The second-order valence-corrected chi connectivity index (χ2v) is 10.1. The molecule has 0 fully saturated rings. The normalized spacial score (nSPS) is 16.1. The minimum absolute atomic E-state index is 0.229. The number of ether oxygens (including phenoxy) is 2. The van der Waals surface area contributed by atoms with E-state index in [1.54, 1.807) is 51.5 Å². The van der Waals surface area contributed by atoms with E-state index in [2.05, 4.69) is 21.0 Å². The van der Waals surface area contributed by atoms with Gasteiger partial charge in [0.15, 0.2) is 0 Å². The van der Waals surface area contributed by atoms with Crippen LogP contribution in [0.5, 0.6) is 11.5 Å². The molecule has 166 valence electrons. The summed E-state index contributed by atoms with van der Waals surface area (Å²) >= 11 is 3.44. The smallest absolute Gasteiger partial charge is 0.279 e. The van der Waals surface area contributed by atoms with Crippen molar-refractivity contribution in [3.8, 4) is 11.5 Å². The fourth-order valence-corrected chi connectivity index (χ4v) is 5.73. The van der Waals surface area contributed by atoms with Crippen molar-refractivity contribution in [2.24, 2.45) is 5.10 Å². The average Bonchev–Trinajstić information content (AvgIpc) is 3.25. The molecule has 3 aromatic carbocycles. The molecule has 3 aromatic rings. The maximum atomic E-state index is 13.8. The molecule has 32 heavy (non-hydrogen) atoms. The highest BCUT2D eigenvalue weighted by atomic mass is 79.9. The topological polar surface area (TPSA) is 68.2 Å². The number of rotatable bonds is 6. The molecule has 0 aromatic heterocycles. The van der Waals surface area contributed by atoms with Crippen molar-refractivity contribution in [1.29, 1.82) is 0 Å². The Morgan fingerprint density at radius 1 is 1.00 bits per heavy atom. The highest BCUT2D eigenvalue weighted by Gasteiger charge is 2.39. The predicted molar refractivity (Wildman–Crippen MR) is 128 cm³/mol. The standard InChI is InChI=1S/C24H23BrN2O4S/c1-16-6-4-5-7-24(16)32(28,29)27-22(20-14-19(30-2)12-13-23(20)31-3)15-21(26-27)17-8-10-18(25)11-9-17/h4-14,22H,15H2,1-3H3.